The lowest BCUT2D eigenvalue weighted by Gasteiger charge is -2.07. The van der Waals surface area contributed by atoms with Gasteiger partial charge in [0.05, 0.1) is 23.9 Å². The topological polar surface area (TPSA) is 88.3 Å². The lowest BCUT2D eigenvalue weighted by Crippen LogP contribution is -2.24. The molecule has 114 valence electrons. The van der Waals surface area contributed by atoms with Gasteiger partial charge in [0.15, 0.2) is 0 Å². The molecule has 0 bridgehead atoms. The summed E-state index contributed by atoms with van der Waals surface area (Å²) >= 11 is 0. The highest BCUT2D eigenvalue weighted by atomic mass is 16.3. The first-order chi connectivity index (χ1) is 11.3. The number of aromatic nitrogens is 2. The van der Waals surface area contributed by atoms with E-state index >= 15 is 0 Å². The van der Waals surface area contributed by atoms with Crippen LogP contribution in [-0.4, -0.2) is 27.6 Å². The minimum atomic E-state index is -0.359. The summed E-state index contributed by atoms with van der Waals surface area (Å²) < 4.78 is 5.18. The molecule has 0 aliphatic heterocycles. The molecule has 6 heteroatoms. The zero-order valence-electron chi connectivity index (χ0n) is 12.1. The summed E-state index contributed by atoms with van der Waals surface area (Å²) in [6.45, 7) is -0.0344. The molecule has 0 fully saturated rings. The van der Waals surface area contributed by atoms with Crippen LogP contribution >= 0.6 is 0 Å². The number of hydrogen-bond acceptors (Lipinski definition) is 5. The van der Waals surface area contributed by atoms with Crippen molar-refractivity contribution >= 4 is 16.8 Å². The maximum absolute atomic E-state index is 12.4. The number of fused-ring (bicyclic) bond motifs is 1. The van der Waals surface area contributed by atoms with Crippen LogP contribution in [0.3, 0.4) is 0 Å². The number of carbonyl (C=O) groups excluding carboxylic acids is 1. The lowest BCUT2D eigenvalue weighted by molar-refractivity contribution is 0.0943. The number of amides is 1. The third-order valence-corrected chi connectivity index (χ3v) is 3.14. The van der Waals surface area contributed by atoms with Crippen molar-refractivity contribution < 1.29 is 14.3 Å². The number of aliphatic hydroxyl groups is 1. The molecule has 6 nitrogen and oxygen atoms in total. The van der Waals surface area contributed by atoms with Crippen molar-refractivity contribution in [3.05, 3.63) is 59.9 Å². The van der Waals surface area contributed by atoms with E-state index in [0.717, 1.165) is 5.39 Å². The Hall–Kier alpha value is -3.17. The second-order valence-electron chi connectivity index (χ2n) is 4.67. The molecule has 0 saturated carbocycles. The highest BCUT2D eigenvalue weighted by Crippen LogP contribution is 2.15. The molecule has 0 aliphatic carbocycles. The Balaban J connectivity index is 1.94. The van der Waals surface area contributed by atoms with Gasteiger partial charge in [-0.05, 0) is 24.3 Å². The third kappa shape index (κ3) is 3.36. The molecule has 0 radical (unpaired) electrons. The number of furan rings is 1. The summed E-state index contributed by atoms with van der Waals surface area (Å²) in [5, 5.41) is 12.4. The number of nitrogens with one attached hydrogen (secondary N) is 1. The Bertz CT molecular complexity index is 892. The summed E-state index contributed by atoms with van der Waals surface area (Å²) in [6, 6.07) is 6.98. The molecule has 1 amide bonds. The van der Waals surface area contributed by atoms with Gasteiger partial charge in [-0.2, -0.15) is 0 Å². The van der Waals surface area contributed by atoms with E-state index in [0.29, 0.717) is 16.8 Å². The van der Waals surface area contributed by atoms with Crippen molar-refractivity contribution in [2.75, 3.05) is 6.61 Å². The van der Waals surface area contributed by atoms with E-state index in [1.165, 1.54) is 0 Å². The van der Waals surface area contributed by atoms with E-state index in [2.05, 4.69) is 27.1 Å². The summed E-state index contributed by atoms with van der Waals surface area (Å²) in [4.78, 5) is 20.8. The van der Waals surface area contributed by atoms with Crippen molar-refractivity contribution in [1.82, 2.24) is 15.3 Å². The number of nitrogens with zero attached hydrogens (tertiary/aromatic N) is 2. The monoisotopic (exact) mass is 307 g/mol. The minimum Gasteiger partial charge on any atom is -0.467 e. The molecule has 3 heterocycles. The Morgan fingerprint density at radius 1 is 1.39 bits per heavy atom. The van der Waals surface area contributed by atoms with Gasteiger partial charge in [0.25, 0.3) is 5.91 Å². The van der Waals surface area contributed by atoms with Crippen molar-refractivity contribution in [3.63, 3.8) is 0 Å². The van der Waals surface area contributed by atoms with Crippen LogP contribution in [0.4, 0.5) is 0 Å². The van der Waals surface area contributed by atoms with E-state index in [1.807, 2.05) is 0 Å². The normalized spacial score (nSPS) is 10.1. The predicted molar refractivity (Wildman–Crippen MR) is 83.4 cm³/mol. The van der Waals surface area contributed by atoms with Gasteiger partial charge in [0.1, 0.15) is 18.1 Å². The van der Waals surface area contributed by atoms with E-state index < -0.39 is 0 Å². The standard InChI is InChI=1S/C17H13N3O3/c21-7-1-3-12-9-13-10-18-6-5-15(13)20-16(12)17(22)19-11-14-4-2-8-23-14/h2,4-6,8-10,21H,7,11H2,(H,19,22). The number of hydrogen-bond donors (Lipinski definition) is 2. The highest BCUT2D eigenvalue weighted by molar-refractivity contribution is 5.97. The van der Waals surface area contributed by atoms with Gasteiger partial charge in [0.2, 0.25) is 0 Å². The lowest BCUT2D eigenvalue weighted by atomic mass is 10.1. The second kappa shape index (κ2) is 6.73. The molecule has 23 heavy (non-hydrogen) atoms. The summed E-state index contributed by atoms with van der Waals surface area (Å²) in [5.74, 6) is 5.58. The zero-order chi connectivity index (χ0) is 16.1. The van der Waals surface area contributed by atoms with Crippen LogP contribution in [0.25, 0.3) is 10.9 Å². The van der Waals surface area contributed by atoms with Crippen molar-refractivity contribution in [2.45, 2.75) is 6.54 Å². The molecule has 3 rings (SSSR count). The Morgan fingerprint density at radius 2 is 2.30 bits per heavy atom. The summed E-state index contributed by atoms with van der Waals surface area (Å²) in [6.07, 6.45) is 4.80. The van der Waals surface area contributed by atoms with Gasteiger partial charge in [-0.3, -0.25) is 9.78 Å². The molecular formula is C17H13N3O3. The van der Waals surface area contributed by atoms with E-state index in [4.69, 9.17) is 9.52 Å². The third-order valence-electron chi connectivity index (χ3n) is 3.14. The van der Waals surface area contributed by atoms with Crippen molar-refractivity contribution in [2.24, 2.45) is 0 Å². The SMILES string of the molecule is O=C(NCc1ccco1)c1nc2ccncc2cc1C#CCO. The average molecular weight is 307 g/mol. The van der Waals surface area contributed by atoms with E-state index in [9.17, 15) is 4.79 Å². The van der Waals surface area contributed by atoms with Gasteiger partial charge in [-0.1, -0.05) is 11.8 Å². The Kier molecular flexibility index (Phi) is 4.32. The fourth-order valence-corrected chi connectivity index (χ4v) is 2.08. The zero-order valence-corrected chi connectivity index (χ0v) is 12.1. The van der Waals surface area contributed by atoms with Crippen LogP contribution in [-0.2, 0) is 6.54 Å². The second-order valence-corrected chi connectivity index (χ2v) is 4.67. The Morgan fingerprint density at radius 3 is 3.09 bits per heavy atom. The Labute approximate surface area is 132 Å². The smallest absolute Gasteiger partial charge is 0.271 e. The first-order valence-electron chi connectivity index (χ1n) is 6.93. The molecule has 0 aromatic carbocycles. The predicted octanol–water partition coefficient (Wildman–Crippen LogP) is 1.50. The molecule has 0 spiro atoms. The van der Waals surface area contributed by atoms with Crippen LogP contribution in [0.5, 0.6) is 0 Å². The first-order valence-corrected chi connectivity index (χ1v) is 6.93. The molecule has 2 N–H and O–H groups in total. The number of aliphatic hydroxyl groups excluding tert-OH is 1. The van der Waals surface area contributed by atoms with Crippen LogP contribution in [0.2, 0.25) is 0 Å². The molecule has 3 aromatic heterocycles. The van der Waals surface area contributed by atoms with Crippen molar-refractivity contribution in [3.8, 4) is 11.8 Å². The largest absolute Gasteiger partial charge is 0.467 e. The average Bonchev–Trinajstić information content (AvgIpc) is 3.10. The van der Waals surface area contributed by atoms with Gasteiger partial charge in [-0.25, -0.2) is 4.98 Å². The number of rotatable bonds is 3. The summed E-state index contributed by atoms with van der Waals surface area (Å²) in [7, 11) is 0. The van der Waals surface area contributed by atoms with Crippen LogP contribution in [0.15, 0.2) is 47.3 Å². The van der Waals surface area contributed by atoms with E-state index in [-0.39, 0.29) is 24.8 Å². The van der Waals surface area contributed by atoms with Gasteiger partial charge in [0, 0.05) is 17.8 Å². The van der Waals surface area contributed by atoms with Crippen LogP contribution in [0.1, 0.15) is 21.8 Å². The molecule has 0 aliphatic rings. The van der Waals surface area contributed by atoms with Crippen LogP contribution < -0.4 is 5.32 Å². The van der Waals surface area contributed by atoms with Gasteiger partial charge >= 0.3 is 0 Å². The molecule has 0 saturated heterocycles. The van der Waals surface area contributed by atoms with Crippen LogP contribution in [0, 0.1) is 11.8 Å². The maximum Gasteiger partial charge on any atom is 0.271 e. The van der Waals surface area contributed by atoms with Crippen molar-refractivity contribution in [1.29, 1.82) is 0 Å². The van der Waals surface area contributed by atoms with Gasteiger partial charge < -0.3 is 14.8 Å². The minimum absolute atomic E-state index is 0.205. The van der Waals surface area contributed by atoms with Gasteiger partial charge in [-0.15, -0.1) is 0 Å². The first kappa shape index (κ1) is 14.8. The number of pyridine rings is 2. The fourth-order valence-electron chi connectivity index (χ4n) is 2.08. The molecule has 0 atom stereocenters. The highest BCUT2D eigenvalue weighted by Gasteiger charge is 2.14. The van der Waals surface area contributed by atoms with E-state index in [1.54, 1.807) is 42.9 Å². The fraction of sp³-hybridized carbons (Fsp3) is 0.118. The quantitative estimate of drug-likeness (QED) is 0.716. The molecule has 3 aromatic rings. The molecule has 0 unspecified atom stereocenters. The number of carbonyl (C=O) groups is 1. The molecular weight excluding hydrogens is 294 g/mol. The maximum atomic E-state index is 12.4. The summed E-state index contributed by atoms with van der Waals surface area (Å²) in [5.41, 5.74) is 1.30.